The molecule has 0 aliphatic heterocycles. The monoisotopic (exact) mass is 309 g/mol. The standard InChI is InChI=1S/C13H25O.C3H7NO.K/c1-3-11(4-2)5-6-12-7-8-13(9-12)10-14;1-4(2)3-5;/h11-13H,3-10H2,1-2H3;3H,1-2H3;/q-1;;+1/t12-,13-;;/m0../s1. The first kappa shape index (κ1) is 23.3. The predicted molar refractivity (Wildman–Crippen MR) is 78.8 cm³/mol. The van der Waals surface area contributed by atoms with Crippen LogP contribution in [0.2, 0.25) is 0 Å². The molecule has 1 fully saturated rings. The second kappa shape index (κ2) is 15.0. The quantitative estimate of drug-likeness (QED) is 0.478. The molecule has 0 saturated heterocycles. The Balaban J connectivity index is 0. The van der Waals surface area contributed by atoms with Gasteiger partial charge in [-0.15, -0.1) is 6.61 Å². The summed E-state index contributed by atoms with van der Waals surface area (Å²) in [6, 6.07) is 0. The van der Waals surface area contributed by atoms with Crippen molar-refractivity contribution in [2.24, 2.45) is 17.8 Å². The first-order valence-electron chi connectivity index (χ1n) is 7.77. The Hall–Kier alpha value is 1.07. The van der Waals surface area contributed by atoms with E-state index in [-0.39, 0.29) is 58.0 Å². The molecule has 0 aromatic carbocycles. The number of nitrogens with zero attached hydrogens (tertiary/aromatic N) is 1. The van der Waals surface area contributed by atoms with E-state index < -0.39 is 0 Å². The fraction of sp³-hybridized carbons (Fsp3) is 0.938. The number of carbonyl (C=O) groups excluding carboxylic acids is 1. The second-order valence-electron chi connectivity index (χ2n) is 6.04. The van der Waals surface area contributed by atoms with Crippen molar-refractivity contribution in [3.8, 4) is 0 Å². The SMILES string of the molecule is CCC(CC)CC[C@H]1CC[C@H](C[O-])C1.CN(C)C=O.[K+]. The van der Waals surface area contributed by atoms with Gasteiger partial charge in [-0.1, -0.05) is 58.3 Å². The van der Waals surface area contributed by atoms with E-state index in [1.807, 2.05) is 0 Å². The Kier molecular flexibility index (Phi) is 17.5. The normalized spacial score (nSPS) is 20.9. The topological polar surface area (TPSA) is 43.4 Å². The van der Waals surface area contributed by atoms with Gasteiger partial charge in [0.2, 0.25) is 6.41 Å². The minimum Gasteiger partial charge on any atom is -0.854 e. The van der Waals surface area contributed by atoms with Crippen LogP contribution in [-0.2, 0) is 4.79 Å². The van der Waals surface area contributed by atoms with Crippen LogP contribution < -0.4 is 56.5 Å². The van der Waals surface area contributed by atoms with Gasteiger partial charge in [0.05, 0.1) is 0 Å². The maximum absolute atomic E-state index is 10.7. The van der Waals surface area contributed by atoms with Gasteiger partial charge in [0.1, 0.15) is 0 Å². The van der Waals surface area contributed by atoms with E-state index >= 15 is 0 Å². The van der Waals surface area contributed by atoms with Crippen molar-refractivity contribution in [1.29, 1.82) is 0 Å². The van der Waals surface area contributed by atoms with Crippen molar-refractivity contribution in [2.45, 2.75) is 58.8 Å². The number of hydrogen-bond donors (Lipinski definition) is 0. The summed E-state index contributed by atoms with van der Waals surface area (Å²) in [6.07, 6.45) is 9.93. The van der Waals surface area contributed by atoms with E-state index in [9.17, 15) is 9.90 Å². The minimum absolute atomic E-state index is 0. The number of rotatable bonds is 7. The molecule has 0 aromatic heterocycles. The van der Waals surface area contributed by atoms with Crippen molar-refractivity contribution in [3.05, 3.63) is 0 Å². The van der Waals surface area contributed by atoms with Gasteiger partial charge in [-0.3, -0.25) is 4.79 Å². The largest absolute Gasteiger partial charge is 1.00 e. The van der Waals surface area contributed by atoms with Gasteiger partial charge >= 0.3 is 51.4 Å². The van der Waals surface area contributed by atoms with Crippen LogP contribution >= 0.6 is 0 Å². The van der Waals surface area contributed by atoms with Crippen LogP contribution in [0.1, 0.15) is 58.8 Å². The summed E-state index contributed by atoms with van der Waals surface area (Å²) >= 11 is 0. The van der Waals surface area contributed by atoms with E-state index in [0.29, 0.717) is 5.92 Å². The molecule has 114 valence electrons. The molecule has 0 unspecified atom stereocenters. The summed E-state index contributed by atoms with van der Waals surface area (Å²) in [5, 5.41) is 10.7. The van der Waals surface area contributed by atoms with Crippen molar-refractivity contribution < 1.29 is 61.3 Å². The molecular formula is C16H32KNO2. The molecule has 2 atom stereocenters. The average Bonchev–Trinajstić information content (AvgIpc) is 2.88. The van der Waals surface area contributed by atoms with E-state index in [0.717, 1.165) is 18.2 Å². The summed E-state index contributed by atoms with van der Waals surface area (Å²) in [5.41, 5.74) is 0. The molecule has 0 spiro atoms. The van der Waals surface area contributed by atoms with E-state index in [1.54, 1.807) is 14.1 Å². The van der Waals surface area contributed by atoms with Crippen molar-refractivity contribution in [2.75, 3.05) is 20.7 Å². The Morgan fingerprint density at radius 3 is 2.05 bits per heavy atom. The molecule has 3 nitrogen and oxygen atoms in total. The van der Waals surface area contributed by atoms with Gasteiger partial charge in [0.15, 0.2) is 0 Å². The Morgan fingerprint density at radius 2 is 1.70 bits per heavy atom. The van der Waals surface area contributed by atoms with Gasteiger partial charge in [-0.2, -0.15) is 0 Å². The van der Waals surface area contributed by atoms with Crippen LogP contribution in [0.3, 0.4) is 0 Å². The molecule has 1 rings (SSSR count). The van der Waals surface area contributed by atoms with Crippen molar-refractivity contribution >= 4 is 6.41 Å². The molecule has 1 saturated carbocycles. The molecular weight excluding hydrogens is 277 g/mol. The molecule has 1 aliphatic carbocycles. The maximum Gasteiger partial charge on any atom is 1.00 e. The molecule has 1 aliphatic rings. The van der Waals surface area contributed by atoms with E-state index in [1.165, 1.54) is 49.8 Å². The molecule has 0 N–H and O–H groups in total. The van der Waals surface area contributed by atoms with E-state index in [4.69, 9.17) is 0 Å². The van der Waals surface area contributed by atoms with Crippen molar-refractivity contribution in [3.63, 3.8) is 0 Å². The first-order chi connectivity index (χ1) is 9.07. The van der Waals surface area contributed by atoms with Crippen LogP contribution in [0, 0.1) is 17.8 Å². The minimum atomic E-state index is 0. The number of carbonyl (C=O) groups is 1. The predicted octanol–water partition coefficient (Wildman–Crippen LogP) is -0.312. The van der Waals surface area contributed by atoms with Crippen LogP contribution in [0.25, 0.3) is 0 Å². The van der Waals surface area contributed by atoms with E-state index in [2.05, 4.69) is 13.8 Å². The first-order valence-corrected chi connectivity index (χ1v) is 7.77. The third kappa shape index (κ3) is 11.7. The van der Waals surface area contributed by atoms with Crippen LogP contribution in [-0.4, -0.2) is 32.0 Å². The maximum atomic E-state index is 10.7. The Bertz CT molecular complexity index is 221. The molecule has 0 radical (unpaired) electrons. The van der Waals surface area contributed by atoms with Gasteiger partial charge < -0.3 is 10.0 Å². The summed E-state index contributed by atoms with van der Waals surface area (Å²) in [7, 11) is 3.38. The fourth-order valence-electron chi connectivity index (χ4n) is 2.76. The van der Waals surface area contributed by atoms with Crippen LogP contribution in [0.5, 0.6) is 0 Å². The average molecular weight is 310 g/mol. The molecule has 1 amide bonds. The Labute approximate surface area is 168 Å². The van der Waals surface area contributed by atoms with Crippen LogP contribution in [0.4, 0.5) is 0 Å². The summed E-state index contributed by atoms with van der Waals surface area (Å²) < 4.78 is 0. The van der Waals surface area contributed by atoms with Gasteiger partial charge in [0, 0.05) is 14.1 Å². The fourth-order valence-corrected chi connectivity index (χ4v) is 2.76. The molecule has 4 heteroatoms. The zero-order valence-corrected chi connectivity index (χ0v) is 17.4. The zero-order valence-electron chi connectivity index (χ0n) is 14.2. The van der Waals surface area contributed by atoms with Crippen molar-refractivity contribution in [1.82, 2.24) is 4.90 Å². The second-order valence-corrected chi connectivity index (χ2v) is 6.04. The summed E-state index contributed by atoms with van der Waals surface area (Å²) in [4.78, 5) is 10.9. The molecule has 20 heavy (non-hydrogen) atoms. The number of amides is 1. The smallest absolute Gasteiger partial charge is 0.854 e. The molecule has 0 bridgehead atoms. The van der Waals surface area contributed by atoms with Gasteiger partial charge in [-0.25, -0.2) is 0 Å². The molecule has 0 heterocycles. The summed E-state index contributed by atoms with van der Waals surface area (Å²) in [5.74, 6) is 2.33. The number of hydrogen-bond acceptors (Lipinski definition) is 2. The zero-order chi connectivity index (χ0) is 14.7. The summed E-state index contributed by atoms with van der Waals surface area (Å²) in [6.45, 7) is 4.76. The van der Waals surface area contributed by atoms with Crippen LogP contribution in [0.15, 0.2) is 0 Å². The third-order valence-electron chi connectivity index (χ3n) is 4.23. The van der Waals surface area contributed by atoms with Gasteiger partial charge in [0.25, 0.3) is 0 Å². The third-order valence-corrected chi connectivity index (χ3v) is 4.23. The van der Waals surface area contributed by atoms with Gasteiger partial charge in [-0.05, 0) is 18.3 Å². The Morgan fingerprint density at radius 1 is 1.20 bits per heavy atom. The molecule has 0 aromatic rings.